The van der Waals surface area contributed by atoms with Crippen molar-refractivity contribution in [3.05, 3.63) is 0 Å². The van der Waals surface area contributed by atoms with Crippen molar-refractivity contribution in [1.29, 1.82) is 0 Å². The highest BCUT2D eigenvalue weighted by molar-refractivity contribution is 4.78. The van der Waals surface area contributed by atoms with Crippen LogP contribution in [0.15, 0.2) is 0 Å². The molecule has 1 heterocycles. The van der Waals surface area contributed by atoms with E-state index in [0.29, 0.717) is 25.7 Å². The zero-order valence-corrected chi connectivity index (χ0v) is 8.69. The number of hydrogen-bond acceptors (Lipinski definition) is 3. The van der Waals surface area contributed by atoms with Crippen molar-refractivity contribution in [3.63, 3.8) is 0 Å². The summed E-state index contributed by atoms with van der Waals surface area (Å²) in [5, 5.41) is 3.22. The minimum Gasteiger partial charge on any atom is -0.329 e. The van der Waals surface area contributed by atoms with Gasteiger partial charge in [-0.2, -0.15) is 13.2 Å². The van der Waals surface area contributed by atoms with Crippen LogP contribution in [-0.2, 0) is 0 Å². The minimum absolute atomic E-state index is 0.332. The van der Waals surface area contributed by atoms with Gasteiger partial charge in [0.15, 0.2) is 0 Å². The summed E-state index contributed by atoms with van der Waals surface area (Å²) in [5.41, 5.74) is 5.33. The molecule has 90 valence electrons. The molecule has 0 unspecified atom stereocenters. The van der Waals surface area contributed by atoms with Gasteiger partial charge in [0.25, 0.3) is 0 Å². The number of hydrogen-bond donors (Lipinski definition) is 2. The van der Waals surface area contributed by atoms with Crippen LogP contribution in [0.2, 0.25) is 0 Å². The van der Waals surface area contributed by atoms with Gasteiger partial charge in [-0.05, 0) is 25.9 Å². The van der Waals surface area contributed by atoms with Gasteiger partial charge in [0.1, 0.15) is 0 Å². The fourth-order valence-electron chi connectivity index (χ4n) is 1.84. The molecule has 0 aliphatic carbocycles. The summed E-state index contributed by atoms with van der Waals surface area (Å²) in [5.74, 6) is 0. The van der Waals surface area contributed by atoms with Gasteiger partial charge < -0.3 is 11.1 Å². The molecule has 1 aliphatic rings. The van der Waals surface area contributed by atoms with Gasteiger partial charge in [0.2, 0.25) is 0 Å². The number of halogens is 3. The number of rotatable bonds is 4. The summed E-state index contributed by atoms with van der Waals surface area (Å²) >= 11 is 0. The molecule has 0 radical (unpaired) electrons. The van der Waals surface area contributed by atoms with E-state index in [4.69, 9.17) is 5.73 Å². The van der Waals surface area contributed by atoms with Crippen molar-refractivity contribution in [2.24, 2.45) is 5.73 Å². The molecule has 6 heteroatoms. The van der Waals surface area contributed by atoms with Crippen molar-refractivity contribution < 1.29 is 13.2 Å². The van der Waals surface area contributed by atoms with Crippen molar-refractivity contribution in [2.75, 3.05) is 32.7 Å². The maximum absolute atomic E-state index is 12.1. The highest BCUT2D eigenvalue weighted by Crippen LogP contribution is 2.19. The number of likely N-dealkylation sites (tertiary alicyclic amines) is 1. The van der Waals surface area contributed by atoms with Crippen molar-refractivity contribution in [1.82, 2.24) is 10.2 Å². The summed E-state index contributed by atoms with van der Waals surface area (Å²) in [6, 6.07) is 0.332. The van der Waals surface area contributed by atoms with Crippen molar-refractivity contribution in [2.45, 2.75) is 25.1 Å². The first-order chi connectivity index (χ1) is 7.01. The molecule has 0 bridgehead atoms. The van der Waals surface area contributed by atoms with Crippen molar-refractivity contribution in [3.8, 4) is 0 Å². The molecular weight excluding hydrogens is 207 g/mol. The normalized spacial score (nSPS) is 20.8. The smallest absolute Gasteiger partial charge is 0.329 e. The molecule has 0 atom stereocenters. The van der Waals surface area contributed by atoms with E-state index < -0.39 is 12.7 Å². The van der Waals surface area contributed by atoms with E-state index in [2.05, 4.69) is 5.32 Å². The summed E-state index contributed by atoms with van der Waals surface area (Å²) in [6.07, 6.45) is -2.52. The Morgan fingerprint density at radius 1 is 1.27 bits per heavy atom. The van der Waals surface area contributed by atoms with E-state index >= 15 is 0 Å². The number of alkyl halides is 3. The van der Waals surface area contributed by atoms with Crippen LogP contribution in [0, 0.1) is 0 Å². The Morgan fingerprint density at radius 3 is 2.33 bits per heavy atom. The molecule has 1 saturated heterocycles. The van der Waals surface area contributed by atoms with E-state index in [9.17, 15) is 13.2 Å². The standard InChI is InChI=1S/C9H18F3N3/c10-9(11,12)7-15-5-1-8(2-6-15)14-4-3-13/h8,14H,1-7,13H2. The number of nitrogens with one attached hydrogen (secondary N) is 1. The SMILES string of the molecule is NCCNC1CCN(CC(F)(F)F)CC1. The lowest BCUT2D eigenvalue weighted by Gasteiger charge is -2.32. The van der Waals surface area contributed by atoms with Gasteiger partial charge in [0.05, 0.1) is 6.54 Å². The van der Waals surface area contributed by atoms with Crippen LogP contribution in [-0.4, -0.2) is 49.8 Å². The van der Waals surface area contributed by atoms with Crippen LogP contribution in [0.4, 0.5) is 13.2 Å². The molecule has 1 rings (SSSR count). The Balaban J connectivity index is 2.18. The highest BCUT2D eigenvalue weighted by Gasteiger charge is 2.32. The summed E-state index contributed by atoms with van der Waals surface area (Å²) < 4.78 is 36.2. The second-order valence-corrected chi connectivity index (χ2v) is 3.91. The molecule has 15 heavy (non-hydrogen) atoms. The first kappa shape index (κ1) is 12.7. The predicted molar refractivity (Wildman–Crippen MR) is 52.6 cm³/mol. The summed E-state index contributed by atoms with van der Waals surface area (Å²) in [4.78, 5) is 1.46. The van der Waals surface area contributed by atoms with E-state index in [1.165, 1.54) is 4.90 Å². The van der Waals surface area contributed by atoms with Crippen LogP contribution < -0.4 is 11.1 Å². The molecule has 0 spiro atoms. The Labute approximate surface area is 87.8 Å². The number of nitrogens with zero attached hydrogens (tertiary/aromatic N) is 1. The topological polar surface area (TPSA) is 41.3 Å². The molecule has 3 nitrogen and oxygen atoms in total. The molecule has 0 saturated carbocycles. The van der Waals surface area contributed by atoms with E-state index in [1.54, 1.807) is 0 Å². The lowest BCUT2D eigenvalue weighted by molar-refractivity contribution is -0.148. The molecule has 1 fully saturated rings. The first-order valence-electron chi connectivity index (χ1n) is 5.24. The summed E-state index contributed by atoms with van der Waals surface area (Å²) in [7, 11) is 0. The largest absolute Gasteiger partial charge is 0.401 e. The van der Waals surface area contributed by atoms with Crippen LogP contribution in [0.25, 0.3) is 0 Å². The average Bonchev–Trinajstić information content (AvgIpc) is 2.14. The molecule has 1 aliphatic heterocycles. The third-order valence-electron chi connectivity index (χ3n) is 2.57. The predicted octanol–water partition coefficient (Wildman–Crippen LogP) is 0.561. The van der Waals surface area contributed by atoms with Crippen LogP contribution >= 0.6 is 0 Å². The molecule has 0 aromatic heterocycles. The Hall–Kier alpha value is -0.330. The second kappa shape index (κ2) is 5.67. The minimum atomic E-state index is -4.07. The van der Waals surface area contributed by atoms with Crippen LogP contribution in [0.5, 0.6) is 0 Å². The third-order valence-corrected chi connectivity index (χ3v) is 2.57. The molecular formula is C9H18F3N3. The fourth-order valence-corrected chi connectivity index (χ4v) is 1.84. The van der Waals surface area contributed by atoms with Crippen LogP contribution in [0.3, 0.4) is 0 Å². The first-order valence-corrected chi connectivity index (χ1v) is 5.24. The van der Waals surface area contributed by atoms with Gasteiger partial charge in [-0.15, -0.1) is 0 Å². The summed E-state index contributed by atoms with van der Waals surface area (Å²) in [6.45, 7) is 1.56. The highest BCUT2D eigenvalue weighted by atomic mass is 19.4. The molecule has 0 amide bonds. The number of piperidine rings is 1. The van der Waals surface area contributed by atoms with E-state index in [-0.39, 0.29) is 0 Å². The Kier molecular flexibility index (Phi) is 4.82. The van der Waals surface area contributed by atoms with Crippen LogP contribution in [0.1, 0.15) is 12.8 Å². The van der Waals surface area contributed by atoms with Gasteiger partial charge in [0, 0.05) is 19.1 Å². The molecule has 0 aromatic carbocycles. The maximum atomic E-state index is 12.1. The van der Waals surface area contributed by atoms with Crippen molar-refractivity contribution >= 4 is 0 Å². The second-order valence-electron chi connectivity index (χ2n) is 3.91. The Bertz CT molecular complexity index is 176. The lowest BCUT2D eigenvalue weighted by atomic mass is 10.1. The third kappa shape index (κ3) is 5.34. The van der Waals surface area contributed by atoms with E-state index in [1.807, 2.05) is 0 Å². The van der Waals surface area contributed by atoms with Gasteiger partial charge in [-0.3, -0.25) is 4.90 Å². The lowest BCUT2D eigenvalue weighted by Crippen LogP contribution is -2.46. The molecule has 3 N–H and O–H groups in total. The quantitative estimate of drug-likeness (QED) is 0.734. The monoisotopic (exact) mass is 225 g/mol. The van der Waals surface area contributed by atoms with Gasteiger partial charge in [-0.25, -0.2) is 0 Å². The zero-order valence-electron chi connectivity index (χ0n) is 8.69. The molecule has 0 aromatic rings. The van der Waals surface area contributed by atoms with Gasteiger partial charge in [-0.1, -0.05) is 0 Å². The maximum Gasteiger partial charge on any atom is 0.401 e. The number of nitrogens with two attached hydrogens (primary N) is 1. The van der Waals surface area contributed by atoms with Gasteiger partial charge >= 0.3 is 6.18 Å². The average molecular weight is 225 g/mol. The fraction of sp³-hybridized carbons (Fsp3) is 1.00. The van der Waals surface area contributed by atoms with E-state index in [0.717, 1.165) is 19.4 Å². The Morgan fingerprint density at radius 2 is 1.87 bits per heavy atom. The zero-order chi connectivity index (χ0) is 11.3.